The van der Waals surface area contributed by atoms with E-state index in [1.54, 1.807) is 12.1 Å². The molecule has 0 radical (unpaired) electrons. The van der Waals surface area contributed by atoms with Gasteiger partial charge in [0.05, 0.1) is 12.7 Å². The zero-order valence-corrected chi connectivity index (χ0v) is 15.3. The first-order chi connectivity index (χ1) is 13.1. The third kappa shape index (κ3) is 3.32. The Kier molecular flexibility index (Phi) is 4.66. The Morgan fingerprint density at radius 2 is 2.04 bits per heavy atom. The van der Waals surface area contributed by atoms with Crippen molar-refractivity contribution in [2.45, 2.75) is 18.9 Å². The molecule has 2 aromatic rings. The number of esters is 1. The molecule has 5 nitrogen and oxygen atoms in total. The predicted molar refractivity (Wildman–Crippen MR) is 99.8 cm³/mol. The lowest BCUT2D eigenvalue weighted by atomic mass is 9.93. The van der Waals surface area contributed by atoms with E-state index in [0.717, 1.165) is 12.8 Å². The summed E-state index contributed by atoms with van der Waals surface area (Å²) in [5, 5.41) is 3.62. The monoisotopic (exact) mass is 385 g/mol. The van der Waals surface area contributed by atoms with Crippen molar-refractivity contribution in [1.29, 1.82) is 0 Å². The Balaban J connectivity index is 1.90. The van der Waals surface area contributed by atoms with Gasteiger partial charge in [-0.25, -0.2) is 14.2 Å². The predicted octanol–water partition coefficient (Wildman–Crippen LogP) is 3.80. The zero-order valence-electron chi connectivity index (χ0n) is 14.6. The molecule has 1 N–H and O–H groups in total. The van der Waals surface area contributed by atoms with Crippen molar-refractivity contribution in [3.05, 3.63) is 76.0 Å². The molecule has 2 aliphatic rings. The summed E-state index contributed by atoms with van der Waals surface area (Å²) < 4.78 is 19.3. The summed E-state index contributed by atoms with van der Waals surface area (Å²) in [4.78, 5) is 21.3. The van der Waals surface area contributed by atoms with Crippen LogP contribution in [0.25, 0.3) is 0 Å². The Bertz CT molecular complexity index is 969. The van der Waals surface area contributed by atoms with Crippen LogP contribution in [0.1, 0.15) is 30.1 Å². The second kappa shape index (κ2) is 7.12. The van der Waals surface area contributed by atoms with Gasteiger partial charge in [-0.1, -0.05) is 29.8 Å². The Morgan fingerprint density at radius 3 is 2.70 bits per heavy atom. The maximum absolute atomic E-state index is 14.3. The molecule has 7 heteroatoms. The van der Waals surface area contributed by atoms with Gasteiger partial charge in [-0.15, -0.1) is 0 Å². The summed E-state index contributed by atoms with van der Waals surface area (Å²) in [6.45, 7) is 0. The van der Waals surface area contributed by atoms with Gasteiger partial charge in [0, 0.05) is 22.5 Å². The van der Waals surface area contributed by atoms with Crippen molar-refractivity contribution in [1.82, 2.24) is 10.3 Å². The lowest BCUT2D eigenvalue weighted by Gasteiger charge is -2.27. The van der Waals surface area contributed by atoms with Crippen LogP contribution < -0.4 is 5.32 Å². The van der Waals surface area contributed by atoms with Crippen LogP contribution in [0.4, 0.5) is 4.39 Å². The van der Waals surface area contributed by atoms with E-state index in [1.807, 2.05) is 12.1 Å². The van der Waals surface area contributed by atoms with E-state index in [9.17, 15) is 9.18 Å². The van der Waals surface area contributed by atoms with E-state index in [2.05, 4.69) is 15.3 Å². The summed E-state index contributed by atoms with van der Waals surface area (Å²) in [5.41, 5.74) is 1.89. The topological polar surface area (TPSA) is 63.6 Å². The molecule has 0 saturated heterocycles. The second-order valence-electron chi connectivity index (χ2n) is 6.45. The molecule has 1 fully saturated rings. The number of methoxy groups -OCH3 is 1. The fourth-order valence-corrected chi connectivity index (χ4v) is 3.43. The first kappa shape index (κ1) is 17.7. The van der Waals surface area contributed by atoms with Gasteiger partial charge in [-0.3, -0.25) is 4.99 Å². The number of aromatic nitrogens is 1. The van der Waals surface area contributed by atoms with E-state index in [0.29, 0.717) is 21.9 Å². The van der Waals surface area contributed by atoms with Crippen LogP contribution in [0.15, 0.2) is 58.9 Å². The highest BCUT2D eigenvalue weighted by molar-refractivity contribution is 6.31. The number of carbonyl (C=O) groups excluding carboxylic acids is 1. The minimum atomic E-state index is -0.695. The lowest BCUT2D eigenvalue weighted by Crippen LogP contribution is -2.35. The molecule has 1 aliphatic heterocycles. The minimum absolute atomic E-state index is 0.108. The number of hydrogen-bond donors (Lipinski definition) is 1. The molecule has 1 aliphatic carbocycles. The number of amidine groups is 1. The van der Waals surface area contributed by atoms with Crippen LogP contribution in [0, 0.1) is 11.7 Å². The van der Waals surface area contributed by atoms with Crippen molar-refractivity contribution in [3.63, 3.8) is 0 Å². The third-order valence-electron chi connectivity index (χ3n) is 4.65. The van der Waals surface area contributed by atoms with Gasteiger partial charge >= 0.3 is 5.97 Å². The average Bonchev–Trinajstić information content (AvgIpc) is 3.52. The number of nitrogens with zero attached hydrogens (tertiary/aromatic N) is 2. The van der Waals surface area contributed by atoms with Crippen LogP contribution in [-0.2, 0) is 9.53 Å². The third-order valence-corrected chi connectivity index (χ3v) is 4.99. The van der Waals surface area contributed by atoms with Gasteiger partial charge < -0.3 is 10.1 Å². The fourth-order valence-electron chi connectivity index (χ4n) is 3.20. The van der Waals surface area contributed by atoms with E-state index in [4.69, 9.17) is 16.3 Å². The Labute approximate surface area is 160 Å². The highest BCUT2D eigenvalue weighted by Gasteiger charge is 2.39. The number of nitrogens with one attached hydrogen (secondary N) is 1. The molecule has 0 bridgehead atoms. The van der Waals surface area contributed by atoms with Crippen molar-refractivity contribution in [2.75, 3.05) is 7.11 Å². The van der Waals surface area contributed by atoms with Crippen LogP contribution in [0.5, 0.6) is 0 Å². The quantitative estimate of drug-likeness (QED) is 0.813. The Hall–Kier alpha value is -2.73. The molecule has 2 heterocycles. The highest BCUT2D eigenvalue weighted by atomic mass is 35.5. The van der Waals surface area contributed by atoms with Crippen LogP contribution in [0.3, 0.4) is 0 Å². The molecule has 27 heavy (non-hydrogen) atoms. The number of pyridine rings is 1. The molecule has 1 aromatic heterocycles. The molecule has 1 unspecified atom stereocenters. The van der Waals surface area contributed by atoms with Gasteiger partial charge in [0.25, 0.3) is 0 Å². The van der Waals surface area contributed by atoms with Gasteiger partial charge in [0.2, 0.25) is 0 Å². The molecular formula is C20H17ClFN3O2. The molecule has 0 amide bonds. The first-order valence-electron chi connectivity index (χ1n) is 8.62. The molecule has 1 saturated carbocycles. The summed E-state index contributed by atoms with van der Waals surface area (Å²) in [6.07, 6.45) is 3.38. The maximum Gasteiger partial charge on any atom is 0.338 e. The van der Waals surface area contributed by atoms with E-state index < -0.39 is 17.8 Å². The minimum Gasteiger partial charge on any atom is -0.466 e. The number of aliphatic imine (C=N–C) groups is 1. The Morgan fingerprint density at radius 1 is 1.26 bits per heavy atom. The summed E-state index contributed by atoms with van der Waals surface area (Å²) >= 11 is 6.38. The number of carbonyl (C=O) groups is 1. The van der Waals surface area contributed by atoms with E-state index in [1.165, 1.54) is 25.4 Å². The number of halogens is 2. The summed E-state index contributed by atoms with van der Waals surface area (Å²) in [5.74, 6) is -0.495. The number of allylic oxidation sites excluding steroid dienone is 1. The van der Waals surface area contributed by atoms with Crippen LogP contribution in [0.2, 0.25) is 5.02 Å². The standard InChI is InChI=1S/C20H17ClFN3O2/c1-27-20(26)15-16(11-8-9-11)24-19(18-14(22)7-4-10-23-18)25-17(15)12-5-2-3-6-13(12)21/h2-7,10-11,17H,8-9H2,1H3,(H,24,25). The first-order valence-corrected chi connectivity index (χ1v) is 9.00. The van der Waals surface area contributed by atoms with Gasteiger partial charge in [-0.2, -0.15) is 0 Å². The molecule has 138 valence electrons. The van der Waals surface area contributed by atoms with Crippen molar-refractivity contribution in [2.24, 2.45) is 10.9 Å². The molecule has 4 rings (SSSR count). The van der Waals surface area contributed by atoms with E-state index >= 15 is 0 Å². The smallest absolute Gasteiger partial charge is 0.338 e. The maximum atomic E-state index is 14.3. The summed E-state index contributed by atoms with van der Waals surface area (Å²) in [7, 11) is 1.33. The zero-order chi connectivity index (χ0) is 19.0. The van der Waals surface area contributed by atoms with Gasteiger partial charge in [0.1, 0.15) is 11.7 Å². The van der Waals surface area contributed by atoms with Crippen molar-refractivity contribution < 1.29 is 13.9 Å². The lowest BCUT2D eigenvalue weighted by molar-refractivity contribution is -0.136. The number of rotatable bonds is 4. The molecular weight excluding hydrogens is 369 g/mol. The summed E-state index contributed by atoms with van der Waals surface area (Å²) in [6, 6.07) is 9.33. The number of benzene rings is 1. The number of hydrogen-bond acceptors (Lipinski definition) is 5. The normalized spacial score (nSPS) is 19.4. The van der Waals surface area contributed by atoms with Gasteiger partial charge in [0.15, 0.2) is 11.7 Å². The number of ether oxygens (including phenoxy) is 1. The SMILES string of the molecule is COC(=O)C1=C(C2CC2)NC(c2ncccc2F)=NC1c1ccccc1Cl. The van der Waals surface area contributed by atoms with Crippen molar-refractivity contribution >= 4 is 23.4 Å². The highest BCUT2D eigenvalue weighted by Crippen LogP contribution is 2.43. The second-order valence-corrected chi connectivity index (χ2v) is 6.86. The van der Waals surface area contributed by atoms with E-state index in [-0.39, 0.29) is 17.4 Å². The fraction of sp³-hybridized carbons (Fsp3) is 0.250. The van der Waals surface area contributed by atoms with Crippen LogP contribution in [-0.4, -0.2) is 23.9 Å². The molecule has 1 atom stereocenters. The molecule has 0 spiro atoms. The molecule has 1 aromatic carbocycles. The van der Waals surface area contributed by atoms with Gasteiger partial charge in [-0.05, 0) is 37.0 Å². The largest absolute Gasteiger partial charge is 0.466 e. The van der Waals surface area contributed by atoms with Crippen LogP contribution >= 0.6 is 11.6 Å². The average molecular weight is 386 g/mol. The van der Waals surface area contributed by atoms with Crippen molar-refractivity contribution in [3.8, 4) is 0 Å².